The molecule has 1 N–H and O–H groups in total. The van der Waals surface area contributed by atoms with Crippen LogP contribution < -0.4 is 5.32 Å². The first-order valence-corrected chi connectivity index (χ1v) is 7.74. The lowest BCUT2D eigenvalue weighted by Crippen LogP contribution is -2.13. The fourth-order valence-corrected chi connectivity index (χ4v) is 2.33. The van der Waals surface area contributed by atoms with Gasteiger partial charge in [-0.05, 0) is 42.6 Å². The van der Waals surface area contributed by atoms with Gasteiger partial charge in [0.15, 0.2) is 0 Å². The number of aromatic nitrogens is 2. The van der Waals surface area contributed by atoms with Crippen LogP contribution in [-0.4, -0.2) is 16.8 Å². The second-order valence-electron chi connectivity index (χ2n) is 6.59. The molecule has 3 nitrogen and oxygen atoms in total. The van der Waals surface area contributed by atoms with E-state index in [0.717, 1.165) is 41.5 Å². The Morgan fingerprint density at radius 1 is 1.19 bits per heavy atom. The van der Waals surface area contributed by atoms with Gasteiger partial charge in [0.2, 0.25) is 0 Å². The highest BCUT2D eigenvalue weighted by atomic mass is 35.5. The summed E-state index contributed by atoms with van der Waals surface area (Å²) in [5.41, 5.74) is 3.67. The maximum Gasteiger partial charge on any atom is 0.0768 e. The zero-order valence-electron chi connectivity index (χ0n) is 13.3. The van der Waals surface area contributed by atoms with E-state index < -0.39 is 0 Å². The van der Waals surface area contributed by atoms with Crippen LogP contribution in [0.2, 0.25) is 5.02 Å². The first-order valence-electron chi connectivity index (χ1n) is 7.36. The van der Waals surface area contributed by atoms with Gasteiger partial charge >= 0.3 is 0 Å². The fourth-order valence-electron chi connectivity index (χ4n) is 2.20. The number of nitrogens with zero attached hydrogens (tertiary/aromatic N) is 2. The monoisotopic (exact) mass is 305 g/mol. The van der Waals surface area contributed by atoms with Crippen molar-refractivity contribution >= 4 is 11.6 Å². The molecule has 114 valence electrons. The van der Waals surface area contributed by atoms with Crippen molar-refractivity contribution in [2.24, 2.45) is 5.41 Å². The van der Waals surface area contributed by atoms with Crippen LogP contribution in [0.1, 0.15) is 32.9 Å². The molecule has 0 radical (unpaired) electrons. The summed E-state index contributed by atoms with van der Waals surface area (Å²) in [5.74, 6) is 0. The molecule has 1 heterocycles. The molecule has 21 heavy (non-hydrogen) atoms. The smallest absolute Gasteiger partial charge is 0.0768 e. The van der Waals surface area contributed by atoms with E-state index in [1.807, 2.05) is 19.2 Å². The van der Waals surface area contributed by atoms with Gasteiger partial charge in [-0.25, -0.2) is 0 Å². The molecule has 0 saturated carbocycles. The number of hydrogen-bond donors (Lipinski definition) is 1. The average Bonchev–Trinajstić information content (AvgIpc) is 2.80. The van der Waals surface area contributed by atoms with E-state index in [-0.39, 0.29) is 0 Å². The minimum Gasteiger partial charge on any atom is -0.314 e. The van der Waals surface area contributed by atoms with Crippen molar-refractivity contribution in [3.63, 3.8) is 0 Å². The topological polar surface area (TPSA) is 29.9 Å². The van der Waals surface area contributed by atoms with E-state index in [1.165, 1.54) is 0 Å². The summed E-state index contributed by atoms with van der Waals surface area (Å²) in [4.78, 5) is 0. The Labute approximate surface area is 132 Å². The number of halogens is 1. The largest absolute Gasteiger partial charge is 0.314 e. The third-order valence-corrected chi connectivity index (χ3v) is 3.65. The second-order valence-corrected chi connectivity index (χ2v) is 7.03. The van der Waals surface area contributed by atoms with E-state index >= 15 is 0 Å². The van der Waals surface area contributed by atoms with Crippen LogP contribution in [0.15, 0.2) is 30.3 Å². The number of hydrogen-bond acceptors (Lipinski definition) is 2. The van der Waals surface area contributed by atoms with Gasteiger partial charge < -0.3 is 5.32 Å². The van der Waals surface area contributed by atoms with Crippen LogP contribution in [-0.2, 0) is 13.1 Å². The third kappa shape index (κ3) is 4.58. The molecule has 0 atom stereocenters. The first-order chi connectivity index (χ1) is 9.89. The summed E-state index contributed by atoms with van der Waals surface area (Å²) in [6, 6.07) is 10.1. The van der Waals surface area contributed by atoms with Crippen LogP contribution in [0.3, 0.4) is 0 Å². The SMILES string of the molecule is CNCc1cc(-c2ccc(Cl)cc2)n(CCC(C)(C)C)n1. The predicted molar refractivity (Wildman–Crippen MR) is 89.5 cm³/mol. The number of benzene rings is 1. The van der Waals surface area contributed by atoms with Crippen LogP contribution in [0, 0.1) is 5.41 Å². The lowest BCUT2D eigenvalue weighted by atomic mass is 9.92. The van der Waals surface area contributed by atoms with Crippen molar-refractivity contribution < 1.29 is 0 Å². The van der Waals surface area contributed by atoms with Crippen molar-refractivity contribution in [2.75, 3.05) is 7.05 Å². The van der Waals surface area contributed by atoms with Gasteiger partial charge in [0.25, 0.3) is 0 Å². The second kappa shape index (κ2) is 6.63. The molecule has 1 aromatic heterocycles. The summed E-state index contributed by atoms with van der Waals surface area (Å²) >= 11 is 5.98. The third-order valence-electron chi connectivity index (χ3n) is 3.40. The lowest BCUT2D eigenvalue weighted by Gasteiger charge is -2.18. The highest BCUT2D eigenvalue weighted by Gasteiger charge is 2.14. The first kappa shape index (κ1) is 16.1. The van der Waals surface area contributed by atoms with Gasteiger partial charge in [-0.3, -0.25) is 4.68 Å². The normalized spacial score (nSPS) is 11.9. The lowest BCUT2D eigenvalue weighted by molar-refractivity contribution is 0.341. The average molecular weight is 306 g/mol. The molecular weight excluding hydrogens is 282 g/mol. The molecular formula is C17H24ClN3. The molecule has 0 fully saturated rings. The highest BCUT2D eigenvalue weighted by Crippen LogP contribution is 2.25. The molecule has 2 rings (SSSR count). The van der Waals surface area contributed by atoms with Crippen LogP contribution in [0.4, 0.5) is 0 Å². The molecule has 0 saturated heterocycles. The molecule has 0 aliphatic rings. The molecule has 0 amide bonds. The number of rotatable bonds is 5. The fraction of sp³-hybridized carbons (Fsp3) is 0.471. The summed E-state index contributed by atoms with van der Waals surface area (Å²) in [5, 5.41) is 8.64. The van der Waals surface area contributed by atoms with Crippen molar-refractivity contribution in [1.82, 2.24) is 15.1 Å². The van der Waals surface area contributed by atoms with Crippen molar-refractivity contribution in [1.29, 1.82) is 0 Å². The predicted octanol–water partition coefficient (Wildman–Crippen LogP) is 4.36. The van der Waals surface area contributed by atoms with Gasteiger partial charge in [-0.15, -0.1) is 0 Å². The van der Waals surface area contributed by atoms with E-state index in [1.54, 1.807) is 0 Å². The Hall–Kier alpha value is -1.32. The van der Waals surface area contributed by atoms with E-state index in [4.69, 9.17) is 16.7 Å². The molecule has 1 aromatic carbocycles. The van der Waals surface area contributed by atoms with Gasteiger partial charge in [0.1, 0.15) is 0 Å². The van der Waals surface area contributed by atoms with Crippen LogP contribution >= 0.6 is 11.6 Å². The van der Waals surface area contributed by atoms with Gasteiger partial charge in [0.05, 0.1) is 11.4 Å². The standard InChI is InChI=1S/C17H24ClN3/c1-17(2,3)9-10-21-16(11-15(20-21)12-19-4)13-5-7-14(18)8-6-13/h5-8,11,19H,9-10,12H2,1-4H3. The molecule has 0 bridgehead atoms. The van der Waals surface area contributed by atoms with Crippen molar-refractivity contribution in [3.8, 4) is 11.3 Å². The van der Waals surface area contributed by atoms with E-state index in [2.05, 4.69) is 49.0 Å². The quantitative estimate of drug-likeness (QED) is 0.889. The van der Waals surface area contributed by atoms with E-state index in [0.29, 0.717) is 5.41 Å². The zero-order valence-corrected chi connectivity index (χ0v) is 14.0. The Bertz CT molecular complexity index is 579. The molecule has 0 unspecified atom stereocenters. The molecule has 0 spiro atoms. The summed E-state index contributed by atoms with van der Waals surface area (Å²) in [6.45, 7) is 8.47. The zero-order chi connectivity index (χ0) is 15.5. The van der Waals surface area contributed by atoms with Gasteiger partial charge in [-0.2, -0.15) is 5.10 Å². The van der Waals surface area contributed by atoms with Crippen molar-refractivity contribution in [2.45, 2.75) is 40.3 Å². The minimum atomic E-state index is 0.298. The highest BCUT2D eigenvalue weighted by molar-refractivity contribution is 6.30. The summed E-state index contributed by atoms with van der Waals surface area (Å²) in [7, 11) is 1.94. The number of nitrogens with one attached hydrogen (secondary N) is 1. The molecule has 2 aromatic rings. The Morgan fingerprint density at radius 2 is 1.86 bits per heavy atom. The van der Waals surface area contributed by atoms with Crippen LogP contribution in [0.25, 0.3) is 11.3 Å². The minimum absolute atomic E-state index is 0.298. The maximum absolute atomic E-state index is 5.98. The van der Waals surface area contributed by atoms with Crippen LogP contribution in [0.5, 0.6) is 0 Å². The van der Waals surface area contributed by atoms with Gasteiger partial charge in [-0.1, -0.05) is 44.5 Å². The molecule has 4 heteroatoms. The molecule has 0 aliphatic carbocycles. The number of aryl methyl sites for hydroxylation is 1. The maximum atomic E-state index is 5.98. The Morgan fingerprint density at radius 3 is 2.43 bits per heavy atom. The Kier molecular flexibility index (Phi) is 5.07. The molecule has 0 aliphatic heterocycles. The summed E-state index contributed by atoms with van der Waals surface area (Å²) < 4.78 is 2.11. The summed E-state index contributed by atoms with van der Waals surface area (Å²) in [6.07, 6.45) is 1.09. The Balaban J connectivity index is 2.31. The van der Waals surface area contributed by atoms with E-state index in [9.17, 15) is 0 Å². The van der Waals surface area contributed by atoms with Crippen molar-refractivity contribution in [3.05, 3.63) is 41.0 Å². The van der Waals surface area contributed by atoms with Gasteiger partial charge in [0, 0.05) is 18.1 Å².